The van der Waals surface area contributed by atoms with Gasteiger partial charge in [-0.3, -0.25) is 24.0 Å². The first-order chi connectivity index (χ1) is 34.4. The molecule has 16 nitrogen and oxygen atoms in total. The summed E-state index contributed by atoms with van der Waals surface area (Å²) in [5.74, 6) is -1.97. The highest BCUT2D eigenvalue weighted by Gasteiger charge is 2.37. The number of rotatable bonds is 18. The van der Waals surface area contributed by atoms with Crippen molar-refractivity contribution < 1.29 is 33.4 Å². The SMILES string of the molecule is Cc1nc(-c2ccc(N3CCC(C(C)(C)C)CC3)cc2)nc(C)c1C(=O)C[C@@H](CCN)C(=O)N(C)[C@@H]1C(=O)C[C@@H](C)C(=O)N[C@H](C(=O)CCC#N)Cc2ccc(OCCN)c(c2)-c2cc1ccc2OCCN. The first-order valence-corrected chi connectivity index (χ1v) is 25.2. The molecular weight excluding hydrogens is 911 g/mol. The number of nitrogens with zero attached hydrogens (tertiary/aromatic N) is 5. The van der Waals surface area contributed by atoms with Crippen LogP contribution in [0.1, 0.15) is 112 Å². The maximum absolute atomic E-state index is 14.9. The Morgan fingerprint density at radius 2 is 1.49 bits per heavy atom. The van der Waals surface area contributed by atoms with E-state index in [0.717, 1.165) is 37.2 Å². The van der Waals surface area contributed by atoms with Gasteiger partial charge in [0.05, 0.1) is 29.1 Å². The number of anilines is 1. The van der Waals surface area contributed by atoms with Crippen molar-refractivity contribution in [2.45, 2.75) is 105 Å². The van der Waals surface area contributed by atoms with Gasteiger partial charge in [0, 0.05) is 93.1 Å². The predicted octanol–water partition coefficient (Wildman–Crippen LogP) is 6.61. The van der Waals surface area contributed by atoms with E-state index in [4.69, 9.17) is 36.6 Å². The number of amides is 2. The lowest BCUT2D eigenvalue weighted by Crippen LogP contribution is -2.46. The van der Waals surface area contributed by atoms with Crippen LogP contribution in [0.4, 0.5) is 5.69 Å². The number of hydrogen-bond acceptors (Lipinski definition) is 14. The molecule has 1 saturated heterocycles. The largest absolute Gasteiger partial charge is 0.492 e. The lowest BCUT2D eigenvalue weighted by atomic mass is 9.75. The van der Waals surface area contributed by atoms with Gasteiger partial charge in [0.15, 0.2) is 23.2 Å². The first kappa shape index (κ1) is 54.8. The Balaban J connectivity index is 1.32. The van der Waals surface area contributed by atoms with Crippen LogP contribution in [0.25, 0.3) is 22.5 Å². The molecule has 0 spiro atoms. The lowest BCUT2D eigenvalue weighted by Gasteiger charge is -2.39. The van der Waals surface area contributed by atoms with Crippen LogP contribution in [0.5, 0.6) is 11.5 Å². The minimum Gasteiger partial charge on any atom is -0.492 e. The third kappa shape index (κ3) is 13.3. The average molecular weight is 984 g/mol. The van der Waals surface area contributed by atoms with Crippen LogP contribution in [-0.4, -0.2) is 103 Å². The number of piperidine rings is 1. The fourth-order valence-corrected chi connectivity index (χ4v) is 10.0. The number of nitrogens with one attached hydrogen (secondary N) is 1. The quantitative estimate of drug-likeness (QED) is 0.0766. The summed E-state index contributed by atoms with van der Waals surface area (Å²) in [4.78, 5) is 84.9. The molecule has 7 N–H and O–H groups in total. The van der Waals surface area contributed by atoms with Crippen molar-refractivity contribution in [3.8, 4) is 40.1 Å². The molecule has 72 heavy (non-hydrogen) atoms. The Morgan fingerprint density at radius 3 is 2.07 bits per heavy atom. The van der Waals surface area contributed by atoms with Gasteiger partial charge in [-0.15, -0.1) is 0 Å². The van der Waals surface area contributed by atoms with Crippen LogP contribution < -0.4 is 36.9 Å². The number of likely N-dealkylation sites (N-methyl/N-ethyl adjacent to an activating group) is 1. The Morgan fingerprint density at radius 1 is 0.875 bits per heavy atom. The molecule has 2 amide bonds. The number of aromatic nitrogens is 2. The second kappa shape index (κ2) is 24.7. The van der Waals surface area contributed by atoms with Crippen molar-refractivity contribution in [3.05, 3.63) is 88.7 Å². The Bertz CT molecular complexity index is 2610. The van der Waals surface area contributed by atoms with Crippen LogP contribution in [0.15, 0.2) is 60.7 Å². The van der Waals surface area contributed by atoms with Gasteiger partial charge in [-0.05, 0) is 117 Å². The number of Topliss-reactive ketones (excluding diaryl/α,β-unsaturated/α-hetero) is 3. The van der Waals surface area contributed by atoms with E-state index in [1.54, 1.807) is 51.1 Å². The van der Waals surface area contributed by atoms with Crippen molar-refractivity contribution in [1.82, 2.24) is 20.2 Å². The molecule has 4 atom stereocenters. The van der Waals surface area contributed by atoms with Crippen molar-refractivity contribution in [2.24, 2.45) is 40.4 Å². The van der Waals surface area contributed by atoms with E-state index in [9.17, 15) is 29.2 Å². The van der Waals surface area contributed by atoms with Crippen LogP contribution in [0.3, 0.4) is 0 Å². The summed E-state index contributed by atoms with van der Waals surface area (Å²) in [7, 11) is 1.51. The number of hydrogen-bond donors (Lipinski definition) is 4. The fourth-order valence-electron chi connectivity index (χ4n) is 10.0. The minimum atomic E-state index is -1.24. The van der Waals surface area contributed by atoms with Crippen molar-refractivity contribution in [1.29, 1.82) is 5.26 Å². The maximum Gasteiger partial charge on any atom is 0.226 e. The van der Waals surface area contributed by atoms with E-state index >= 15 is 0 Å². The molecule has 0 saturated carbocycles. The third-order valence-corrected chi connectivity index (χ3v) is 14.1. The van der Waals surface area contributed by atoms with Gasteiger partial charge < -0.3 is 41.8 Å². The topological polar surface area (TPSA) is 250 Å². The number of benzene rings is 3. The summed E-state index contributed by atoms with van der Waals surface area (Å²) in [6, 6.07) is 18.5. The van der Waals surface area contributed by atoms with Crippen LogP contribution in [-0.2, 0) is 25.6 Å². The van der Waals surface area contributed by atoms with Gasteiger partial charge in [0.1, 0.15) is 30.8 Å². The molecule has 2 aliphatic heterocycles. The van der Waals surface area contributed by atoms with E-state index in [0.29, 0.717) is 67.9 Å². The molecule has 0 unspecified atom stereocenters. The molecule has 4 bridgehead atoms. The molecule has 16 heteroatoms. The molecular formula is C56H73N9O7. The smallest absolute Gasteiger partial charge is 0.226 e. The van der Waals surface area contributed by atoms with Gasteiger partial charge in [-0.2, -0.15) is 5.26 Å². The highest BCUT2D eigenvalue weighted by Crippen LogP contribution is 2.41. The van der Waals surface area contributed by atoms with E-state index in [1.807, 2.05) is 24.3 Å². The molecule has 1 aromatic heterocycles. The summed E-state index contributed by atoms with van der Waals surface area (Å²) in [6.45, 7) is 14.9. The van der Waals surface area contributed by atoms with Crippen LogP contribution in [0.2, 0.25) is 0 Å². The number of fused-ring (bicyclic) bond motifs is 5. The standard InChI is InChI=1S/C56H73N9O7/c1-34-29-48(68)52(39-13-17-50(72-28-24-60)44(32-39)43-30-37(10-16-49(43)71-27-23-59)31-45(63-54(34)69)46(66)9-8-21-57)64(7)55(70)40(18-22-58)33-47(67)51-35(2)61-53(62-36(51)3)38-11-14-42(15-12-38)65-25-19-41(20-26-65)56(4,5)6/h10-17,30,32,34,40-41,45,52H,8-9,18-20,22-29,31,33,58-60H2,1-7H3,(H,63,69)/t34-,40-,45+,52+/m1/s1. The van der Waals surface area contributed by atoms with Gasteiger partial charge in [-0.1, -0.05) is 39.8 Å². The second-order valence-electron chi connectivity index (χ2n) is 20.3. The fraction of sp³-hybridized carbons (Fsp3) is 0.500. The van der Waals surface area contributed by atoms with E-state index in [1.165, 1.54) is 11.9 Å². The normalized spacial score (nSPS) is 18.1. The van der Waals surface area contributed by atoms with Crippen LogP contribution >= 0.6 is 0 Å². The van der Waals surface area contributed by atoms with E-state index < -0.39 is 41.5 Å². The molecule has 4 aromatic rings. The number of nitrogens with two attached hydrogens (primary N) is 3. The van der Waals surface area contributed by atoms with Crippen LogP contribution in [0, 0.1) is 48.3 Å². The molecule has 0 radical (unpaired) electrons. The molecule has 2 aliphatic rings. The third-order valence-electron chi connectivity index (χ3n) is 14.1. The lowest BCUT2D eigenvalue weighted by molar-refractivity contribution is -0.142. The molecule has 3 heterocycles. The van der Waals surface area contributed by atoms with E-state index in [2.05, 4.69) is 43.1 Å². The second-order valence-corrected chi connectivity index (χ2v) is 20.3. The minimum absolute atomic E-state index is 0.0319. The zero-order valence-corrected chi connectivity index (χ0v) is 43.1. The summed E-state index contributed by atoms with van der Waals surface area (Å²) >= 11 is 0. The molecule has 1 fully saturated rings. The summed E-state index contributed by atoms with van der Waals surface area (Å²) in [5, 5.41) is 12.1. The summed E-state index contributed by atoms with van der Waals surface area (Å²) < 4.78 is 12.3. The van der Waals surface area contributed by atoms with Crippen molar-refractivity contribution in [2.75, 3.05) is 57.9 Å². The zero-order chi connectivity index (χ0) is 52.3. The van der Waals surface area contributed by atoms with Gasteiger partial charge in [0.25, 0.3) is 0 Å². The Labute approximate surface area is 424 Å². The molecule has 6 rings (SSSR count). The highest BCUT2D eigenvalue weighted by atomic mass is 16.5. The number of nitriles is 1. The molecule has 3 aromatic carbocycles. The Hall–Kier alpha value is -6.54. The van der Waals surface area contributed by atoms with Crippen molar-refractivity contribution >= 4 is 34.9 Å². The average Bonchev–Trinajstić information content (AvgIpc) is 3.35. The number of aryl methyl sites for hydroxylation is 2. The first-order valence-electron chi connectivity index (χ1n) is 25.2. The van der Waals surface area contributed by atoms with Gasteiger partial charge in [0.2, 0.25) is 11.8 Å². The monoisotopic (exact) mass is 984 g/mol. The number of carbonyl (C=O) groups is 5. The van der Waals surface area contributed by atoms with Crippen molar-refractivity contribution in [3.63, 3.8) is 0 Å². The van der Waals surface area contributed by atoms with Gasteiger partial charge in [-0.25, -0.2) is 9.97 Å². The molecule has 0 aliphatic carbocycles. The predicted molar refractivity (Wildman–Crippen MR) is 278 cm³/mol. The number of ether oxygens (including phenoxy) is 2. The number of carbonyl (C=O) groups excluding carboxylic acids is 5. The van der Waals surface area contributed by atoms with Gasteiger partial charge >= 0.3 is 0 Å². The Kier molecular flexibility index (Phi) is 18.8. The number of ketones is 3. The highest BCUT2D eigenvalue weighted by molar-refractivity contribution is 6.01. The molecule has 384 valence electrons. The van der Waals surface area contributed by atoms with E-state index in [-0.39, 0.29) is 82.9 Å². The maximum atomic E-state index is 14.9. The zero-order valence-electron chi connectivity index (χ0n) is 43.1. The summed E-state index contributed by atoms with van der Waals surface area (Å²) in [6.07, 6.45) is 1.90. The summed E-state index contributed by atoms with van der Waals surface area (Å²) in [5.41, 5.74) is 23.6.